The first-order chi connectivity index (χ1) is 4.88. The molecule has 1 N–H and O–H groups in total. The highest BCUT2D eigenvalue weighted by Gasteiger charge is 2.33. The van der Waals surface area contributed by atoms with Crippen LogP contribution in [-0.4, -0.2) is 35.2 Å². The maximum Gasteiger partial charge on any atom is 0.0707 e. The molecule has 0 unspecified atom stereocenters. The fourth-order valence-corrected chi connectivity index (χ4v) is 2.22. The van der Waals surface area contributed by atoms with Crippen LogP contribution in [0.15, 0.2) is 0 Å². The Morgan fingerprint density at radius 2 is 1.91 bits per heavy atom. The van der Waals surface area contributed by atoms with Crippen LogP contribution >= 0.6 is 12.4 Å². The van der Waals surface area contributed by atoms with Crippen molar-refractivity contribution in [2.75, 3.05) is 13.1 Å². The molecule has 2 heterocycles. The molecule has 0 aliphatic carbocycles. The average Bonchev–Trinajstić information content (AvgIpc) is 2.34. The highest BCUT2D eigenvalue weighted by Crippen LogP contribution is 2.26. The van der Waals surface area contributed by atoms with Crippen molar-refractivity contribution < 1.29 is 5.11 Å². The second-order valence-corrected chi connectivity index (χ2v) is 3.46. The normalized spacial score (nSPS) is 37.9. The maximum atomic E-state index is 9.48. The molecule has 2 fully saturated rings. The van der Waals surface area contributed by atoms with Gasteiger partial charge in [0, 0.05) is 12.6 Å². The van der Waals surface area contributed by atoms with E-state index in [1.165, 1.54) is 25.8 Å². The molecule has 0 bridgehead atoms. The monoisotopic (exact) mass is 177 g/mol. The molecule has 0 aromatic heterocycles. The van der Waals surface area contributed by atoms with Crippen molar-refractivity contribution >= 4 is 12.4 Å². The zero-order valence-electron chi connectivity index (χ0n) is 6.70. The molecule has 0 radical (unpaired) electrons. The van der Waals surface area contributed by atoms with Crippen LogP contribution in [0.4, 0.5) is 0 Å². The van der Waals surface area contributed by atoms with E-state index in [2.05, 4.69) is 4.90 Å². The minimum absolute atomic E-state index is 0. The predicted molar refractivity (Wildman–Crippen MR) is 47.1 cm³/mol. The molecule has 2 aliphatic rings. The van der Waals surface area contributed by atoms with Crippen LogP contribution in [0.2, 0.25) is 0 Å². The number of fused-ring (bicyclic) bond motifs is 1. The Morgan fingerprint density at radius 3 is 2.64 bits per heavy atom. The molecule has 2 aliphatic heterocycles. The molecule has 2 saturated heterocycles. The van der Waals surface area contributed by atoms with Crippen molar-refractivity contribution in [1.82, 2.24) is 4.90 Å². The Morgan fingerprint density at radius 1 is 1.09 bits per heavy atom. The van der Waals surface area contributed by atoms with E-state index in [0.29, 0.717) is 6.04 Å². The van der Waals surface area contributed by atoms with Gasteiger partial charge in [0.05, 0.1) is 6.10 Å². The van der Waals surface area contributed by atoms with Crippen LogP contribution in [0.5, 0.6) is 0 Å². The fourth-order valence-electron chi connectivity index (χ4n) is 2.22. The summed E-state index contributed by atoms with van der Waals surface area (Å²) in [6.45, 7) is 2.35. The van der Waals surface area contributed by atoms with Crippen molar-refractivity contribution in [3.8, 4) is 0 Å². The summed E-state index contributed by atoms with van der Waals surface area (Å²) in [6.07, 6.45) is 4.87. The molecule has 0 amide bonds. The molecule has 2 atom stereocenters. The van der Waals surface area contributed by atoms with Gasteiger partial charge in [0.25, 0.3) is 0 Å². The number of halogens is 1. The number of hydrogen-bond donors (Lipinski definition) is 1. The quantitative estimate of drug-likeness (QED) is 0.598. The second kappa shape index (κ2) is 3.74. The minimum atomic E-state index is -0.0136. The lowest BCUT2D eigenvalue weighted by atomic mass is 10.0. The smallest absolute Gasteiger partial charge is 0.0707 e. The first kappa shape index (κ1) is 9.30. The van der Waals surface area contributed by atoms with Gasteiger partial charge in [-0.2, -0.15) is 0 Å². The first-order valence-electron chi connectivity index (χ1n) is 4.30. The predicted octanol–water partition coefficient (Wildman–Crippen LogP) is 1.03. The third kappa shape index (κ3) is 1.68. The van der Waals surface area contributed by atoms with Crippen LogP contribution in [0.1, 0.15) is 25.7 Å². The van der Waals surface area contributed by atoms with Crippen LogP contribution < -0.4 is 0 Å². The van der Waals surface area contributed by atoms with Gasteiger partial charge in [-0.25, -0.2) is 0 Å². The topological polar surface area (TPSA) is 23.5 Å². The summed E-state index contributed by atoms with van der Waals surface area (Å²) in [4.78, 5) is 2.44. The number of nitrogens with zero attached hydrogens (tertiary/aromatic N) is 1. The van der Waals surface area contributed by atoms with E-state index in [9.17, 15) is 5.11 Å². The standard InChI is InChI=1S/C8H15NO.ClH/c10-8-4-6-9-5-2-1-3-7(8)9;/h7-8,10H,1-6H2;1H/t7-,8-;/m0./s1. The van der Waals surface area contributed by atoms with Gasteiger partial charge >= 0.3 is 0 Å². The maximum absolute atomic E-state index is 9.48. The first-order valence-corrected chi connectivity index (χ1v) is 4.30. The van der Waals surface area contributed by atoms with Crippen molar-refractivity contribution in [3.63, 3.8) is 0 Å². The summed E-state index contributed by atoms with van der Waals surface area (Å²) >= 11 is 0. The molecule has 3 heteroatoms. The van der Waals surface area contributed by atoms with Crippen LogP contribution in [0.3, 0.4) is 0 Å². The molecule has 0 saturated carbocycles. The van der Waals surface area contributed by atoms with Gasteiger partial charge in [0.1, 0.15) is 0 Å². The number of piperidine rings is 1. The SMILES string of the molecule is Cl.O[C@H]1CCN2CCCC[C@@H]12. The number of aliphatic hydroxyl groups is 1. The lowest BCUT2D eigenvalue weighted by molar-refractivity contribution is 0.0914. The Hall–Kier alpha value is 0.210. The lowest BCUT2D eigenvalue weighted by Crippen LogP contribution is -2.38. The third-order valence-electron chi connectivity index (χ3n) is 2.82. The van der Waals surface area contributed by atoms with Gasteiger partial charge in [-0.1, -0.05) is 6.42 Å². The van der Waals surface area contributed by atoms with Gasteiger partial charge in [0.15, 0.2) is 0 Å². The zero-order valence-corrected chi connectivity index (χ0v) is 7.52. The van der Waals surface area contributed by atoms with E-state index in [4.69, 9.17) is 0 Å². The summed E-state index contributed by atoms with van der Waals surface area (Å²) in [6, 6.07) is 0.522. The lowest BCUT2D eigenvalue weighted by Gasteiger charge is -2.30. The summed E-state index contributed by atoms with van der Waals surface area (Å²) in [5.41, 5.74) is 0. The Bertz CT molecular complexity index is 129. The highest BCUT2D eigenvalue weighted by atomic mass is 35.5. The van der Waals surface area contributed by atoms with E-state index in [-0.39, 0.29) is 18.5 Å². The Labute approximate surface area is 74.0 Å². The van der Waals surface area contributed by atoms with Crippen molar-refractivity contribution in [2.24, 2.45) is 0 Å². The number of aliphatic hydroxyl groups excluding tert-OH is 1. The Kier molecular flexibility index (Phi) is 3.16. The summed E-state index contributed by atoms with van der Waals surface area (Å²) in [5.74, 6) is 0. The summed E-state index contributed by atoms with van der Waals surface area (Å²) < 4.78 is 0. The van der Waals surface area contributed by atoms with E-state index < -0.39 is 0 Å². The van der Waals surface area contributed by atoms with Crippen LogP contribution in [-0.2, 0) is 0 Å². The molecule has 0 spiro atoms. The van der Waals surface area contributed by atoms with Crippen LogP contribution in [0.25, 0.3) is 0 Å². The fraction of sp³-hybridized carbons (Fsp3) is 1.00. The minimum Gasteiger partial charge on any atom is -0.391 e. The molecule has 0 aromatic rings. The summed E-state index contributed by atoms with van der Waals surface area (Å²) in [7, 11) is 0. The van der Waals surface area contributed by atoms with E-state index in [1.807, 2.05) is 0 Å². The molecule has 66 valence electrons. The van der Waals surface area contributed by atoms with Crippen molar-refractivity contribution in [3.05, 3.63) is 0 Å². The van der Waals surface area contributed by atoms with E-state index in [1.54, 1.807) is 0 Å². The van der Waals surface area contributed by atoms with Crippen molar-refractivity contribution in [2.45, 2.75) is 37.8 Å². The largest absolute Gasteiger partial charge is 0.391 e. The van der Waals surface area contributed by atoms with E-state index in [0.717, 1.165) is 13.0 Å². The molecular weight excluding hydrogens is 162 g/mol. The second-order valence-electron chi connectivity index (χ2n) is 3.46. The number of hydrogen-bond acceptors (Lipinski definition) is 2. The van der Waals surface area contributed by atoms with Gasteiger partial charge in [-0.3, -0.25) is 4.90 Å². The summed E-state index contributed by atoms with van der Waals surface area (Å²) in [5, 5.41) is 9.48. The van der Waals surface area contributed by atoms with Gasteiger partial charge in [-0.15, -0.1) is 12.4 Å². The van der Waals surface area contributed by atoms with E-state index >= 15 is 0 Å². The van der Waals surface area contributed by atoms with Crippen molar-refractivity contribution in [1.29, 1.82) is 0 Å². The third-order valence-corrected chi connectivity index (χ3v) is 2.82. The Balaban J connectivity index is 0.000000605. The highest BCUT2D eigenvalue weighted by molar-refractivity contribution is 5.85. The van der Waals surface area contributed by atoms with Gasteiger partial charge in [0.2, 0.25) is 0 Å². The average molecular weight is 178 g/mol. The molecule has 2 rings (SSSR count). The number of rotatable bonds is 0. The zero-order chi connectivity index (χ0) is 6.97. The van der Waals surface area contributed by atoms with Gasteiger partial charge < -0.3 is 5.11 Å². The molecule has 0 aromatic carbocycles. The molecule has 11 heavy (non-hydrogen) atoms. The van der Waals surface area contributed by atoms with Crippen LogP contribution in [0, 0.1) is 0 Å². The molecule has 2 nitrogen and oxygen atoms in total. The van der Waals surface area contributed by atoms with Gasteiger partial charge in [-0.05, 0) is 25.8 Å². The molecular formula is C8H16ClNO.